The van der Waals surface area contributed by atoms with Gasteiger partial charge in [-0.3, -0.25) is 37.2 Å². The number of alkyl halides is 6. The number of halogens is 7. The number of fused-ring (bicyclic) bond motifs is 2. The van der Waals surface area contributed by atoms with Crippen LogP contribution in [0.2, 0.25) is 0 Å². The first-order chi connectivity index (χ1) is 37.6. The lowest BCUT2D eigenvalue weighted by molar-refractivity contribution is -0.138. The maximum absolute atomic E-state index is 13.4. The van der Waals surface area contributed by atoms with E-state index in [4.69, 9.17) is 16.3 Å². The Balaban J connectivity index is 0.000000227. The Bertz CT molecular complexity index is 3660. The summed E-state index contributed by atoms with van der Waals surface area (Å²) in [7, 11) is 0. The van der Waals surface area contributed by atoms with Crippen molar-refractivity contribution in [1.29, 1.82) is 0 Å². The average molecular weight is 1130 g/mol. The van der Waals surface area contributed by atoms with Crippen molar-refractivity contribution in [1.82, 2.24) is 57.3 Å². The number of H-pyrrole nitrogens is 1. The van der Waals surface area contributed by atoms with Crippen LogP contribution in [0.4, 0.5) is 35.9 Å². The summed E-state index contributed by atoms with van der Waals surface area (Å²) in [6.45, 7) is 12.9. The summed E-state index contributed by atoms with van der Waals surface area (Å²) in [4.78, 5) is 86.9. The first-order valence-corrected chi connectivity index (χ1v) is 25.8. The smallest absolute Gasteiger partial charge is 0.420 e. The molecule has 0 aliphatic rings. The second kappa shape index (κ2) is 26.5. The van der Waals surface area contributed by atoms with Gasteiger partial charge in [0.2, 0.25) is 0 Å². The molecule has 424 valence electrons. The summed E-state index contributed by atoms with van der Waals surface area (Å²) >= 11 is 4.85. The minimum atomic E-state index is -4.48. The highest BCUT2D eigenvalue weighted by Crippen LogP contribution is 2.31. The molecule has 0 radical (unpaired) electrons. The number of carbonyl (C=O) groups is 2. The molecule has 1 N–H and O–H groups in total. The van der Waals surface area contributed by atoms with E-state index in [1.165, 1.54) is 53.8 Å². The lowest BCUT2D eigenvalue weighted by Gasteiger charge is -2.11. The number of unbranched alkanes of at least 4 members (excludes halogenated alkanes) is 2. The number of aromatic nitrogens is 12. The van der Waals surface area contributed by atoms with Gasteiger partial charge >= 0.3 is 35.3 Å². The average Bonchev–Trinajstić information content (AvgIpc) is 4.40. The third kappa shape index (κ3) is 14.4. The van der Waals surface area contributed by atoms with Gasteiger partial charge in [0.05, 0.1) is 61.0 Å². The van der Waals surface area contributed by atoms with E-state index in [1.807, 2.05) is 27.7 Å². The van der Waals surface area contributed by atoms with Crippen LogP contribution in [0, 0.1) is 0 Å². The molecule has 6 aromatic heterocycles. The summed E-state index contributed by atoms with van der Waals surface area (Å²) in [6, 6.07) is 9.94. The fraction of sp³-hybridized carbons (Fsp3) is 0.423. The summed E-state index contributed by atoms with van der Waals surface area (Å²) in [6.07, 6.45) is 0.765. The van der Waals surface area contributed by atoms with Crippen LogP contribution in [0.1, 0.15) is 102 Å². The van der Waals surface area contributed by atoms with Gasteiger partial charge in [0.1, 0.15) is 11.3 Å². The highest BCUT2D eigenvalue weighted by atomic mass is 35.5. The van der Waals surface area contributed by atoms with E-state index in [9.17, 15) is 55.1 Å². The van der Waals surface area contributed by atoms with Crippen LogP contribution in [0.15, 0.2) is 92.5 Å². The van der Waals surface area contributed by atoms with Gasteiger partial charge in [-0.1, -0.05) is 64.8 Å². The Kier molecular flexibility index (Phi) is 20.2. The molecule has 0 bridgehead atoms. The van der Waals surface area contributed by atoms with Crippen molar-refractivity contribution in [2.24, 2.45) is 0 Å². The van der Waals surface area contributed by atoms with Gasteiger partial charge in [0, 0.05) is 50.2 Å². The van der Waals surface area contributed by atoms with Crippen molar-refractivity contribution in [2.75, 3.05) is 13.2 Å². The Labute approximate surface area is 451 Å². The molecule has 0 saturated carbocycles. The van der Waals surface area contributed by atoms with E-state index < -0.39 is 57.5 Å². The number of nitrogens with one attached hydrogen (secondary N) is 1. The minimum absolute atomic E-state index is 0.0219. The Morgan fingerprint density at radius 1 is 0.620 bits per heavy atom. The van der Waals surface area contributed by atoms with E-state index in [-0.39, 0.29) is 60.9 Å². The number of hydrogen-bond acceptors (Lipinski definition) is 12. The number of benzene rings is 2. The molecule has 27 heteroatoms. The fourth-order valence-corrected chi connectivity index (χ4v) is 8.27. The maximum atomic E-state index is 13.4. The van der Waals surface area contributed by atoms with Crippen LogP contribution >= 0.6 is 11.6 Å². The normalized spacial score (nSPS) is 11.6. The summed E-state index contributed by atoms with van der Waals surface area (Å²) < 4.78 is 97.0. The lowest BCUT2D eigenvalue weighted by Crippen LogP contribution is -2.40. The summed E-state index contributed by atoms with van der Waals surface area (Å²) in [5, 5.41) is 8.44. The number of aromatic amines is 1. The zero-order valence-electron chi connectivity index (χ0n) is 44.2. The minimum Gasteiger partial charge on any atom is -0.454 e. The zero-order valence-corrected chi connectivity index (χ0v) is 44.9. The fourth-order valence-electron chi connectivity index (χ4n) is 8.20. The van der Waals surface area contributed by atoms with Gasteiger partial charge in [-0.25, -0.2) is 33.7 Å². The predicted octanol–water partition coefficient (Wildman–Crippen LogP) is 9.91. The molecular formula is C52H59ClF6N12O8. The molecule has 0 aliphatic heterocycles. The number of aryl methyl sites for hydroxylation is 2. The Morgan fingerprint density at radius 2 is 1.11 bits per heavy atom. The van der Waals surface area contributed by atoms with Crippen LogP contribution in [-0.2, 0) is 61.1 Å². The Morgan fingerprint density at radius 3 is 1.61 bits per heavy atom. The standard InChI is InChI=1S/C26H29F3N6O4.C21H21F3N6O2.C5H9ClO2/c1-4-7-12-39-25(38)35-20-22(33(6-3)24(37)34(11-5-2)23(20)36)31-21(35)18-14-30-32(16-18)15-17-9-8-10-19(13-17)26(27,28)29;1-3-8-30-19(31)16-18(29(4-2)20(30)32)27-17(26-16)14-10-25-28(12-14)11-13-6-5-7-15(9-13)21(22,23)24;1-2-3-4-8-5(6)7/h8-10,13-14,16H,4-7,11-12,15H2,1-3H3;5-7,9-10,12H,3-4,8,11H2,1-2H3,(H,26,27);2-4H2,1H3. The highest BCUT2D eigenvalue weighted by Gasteiger charge is 2.32. The van der Waals surface area contributed by atoms with Crippen molar-refractivity contribution in [3.05, 3.63) is 137 Å². The molecule has 8 aromatic rings. The number of ether oxygens (including phenoxy) is 2. The predicted molar refractivity (Wildman–Crippen MR) is 282 cm³/mol. The number of carbonyl (C=O) groups excluding carboxylic acids is 2. The van der Waals surface area contributed by atoms with Crippen molar-refractivity contribution >= 4 is 45.5 Å². The quantitative estimate of drug-likeness (QED) is 0.0482. The van der Waals surface area contributed by atoms with Crippen LogP contribution in [0.5, 0.6) is 0 Å². The van der Waals surface area contributed by atoms with E-state index in [1.54, 1.807) is 32.2 Å². The third-order valence-electron chi connectivity index (χ3n) is 12.0. The highest BCUT2D eigenvalue weighted by molar-refractivity contribution is 6.61. The van der Waals surface area contributed by atoms with Crippen LogP contribution in [0.25, 0.3) is 45.1 Å². The van der Waals surface area contributed by atoms with Crippen molar-refractivity contribution in [3.8, 4) is 22.8 Å². The van der Waals surface area contributed by atoms with Crippen LogP contribution in [-0.4, -0.2) is 82.1 Å². The first kappa shape index (κ1) is 60.2. The second-order valence-electron chi connectivity index (χ2n) is 17.9. The van der Waals surface area contributed by atoms with E-state index in [0.29, 0.717) is 67.0 Å². The topological polar surface area (TPSA) is 223 Å². The number of imidazole rings is 2. The monoisotopic (exact) mass is 1130 g/mol. The van der Waals surface area contributed by atoms with Gasteiger partial charge in [0.25, 0.3) is 11.1 Å². The largest absolute Gasteiger partial charge is 0.454 e. The van der Waals surface area contributed by atoms with E-state index >= 15 is 0 Å². The number of hydrogen-bond donors (Lipinski definition) is 1. The molecule has 2 aromatic carbocycles. The molecule has 0 unspecified atom stereocenters. The number of nitrogens with zero attached hydrogens (tertiary/aromatic N) is 11. The van der Waals surface area contributed by atoms with E-state index in [0.717, 1.165) is 52.7 Å². The SMILES string of the molecule is CCCCOC(=O)Cl.CCCCOC(=O)n1c(-c2cnn(Cc3cccc(C(F)(F)F)c3)c2)nc2c1c(=O)n(CCC)c(=O)n2CC.CCCn1c(=O)c2[nH]c(-c3cnn(Cc4cccc(C(F)(F)F)c4)c3)nc2n(CC)c1=O. The molecule has 8 rings (SSSR count). The second-order valence-corrected chi connectivity index (χ2v) is 18.2. The molecule has 0 spiro atoms. The molecule has 0 fully saturated rings. The lowest BCUT2D eigenvalue weighted by atomic mass is 10.1. The third-order valence-corrected chi connectivity index (χ3v) is 12.1. The molecule has 0 amide bonds. The van der Waals surface area contributed by atoms with Crippen molar-refractivity contribution < 1.29 is 45.4 Å². The molecule has 6 heterocycles. The van der Waals surface area contributed by atoms with E-state index in [2.05, 4.69) is 29.9 Å². The van der Waals surface area contributed by atoms with Gasteiger partial charge in [0.15, 0.2) is 22.6 Å². The van der Waals surface area contributed by atoms with Gasteiger partial charge in [-0.15, -0.1) is 0 Å². The Hall–Kier alpha value is -8.03. The van der Waals surface area contributed by atoms with Gasteiger partial charge in [-0.05, 0) is 74.9 Å². The number of rotatable bonds is 18. The zero-order chi connectivity index (χ0) is 57.8. The first-order valence-electron chi connectivity index (χ1n) is 25.5. The van der Waals surface area contributed by atoms with Gasteiger partial charge < -0.3 is 14.5 Å². The van der Waals surface area contributed by atoms with Crippen LogP contribution in [0.3, 0.4) is 0 Å². The van der Waals surface area contributed by atoms with Crippen molar-refractivity contribution in [2.45, 2.75) is 132 Å². The van der Waals surface area contributed by atoms with Gasteiger partial charge in [-0.2, -0.15) is 36.5 Å². The molecule has 0 atom stereocenters. The summed E-state index contributed by atoms with van der Waals surface area (Å²) in [5.74, 6) is 0.387. The molecule has 79 heavy (non-hydrogen) atoms. The van der Waals surface area contributed by atoms with Crippen molar-refractivity contribution in [3.63, 3.8) is 0 Å². The van der Waals surface area contributed by atoms with Crippen LogP contribution < -0.4 is 22.5 Å². The summed E-state index contributed by atoms with van der Waals surface area (Å²) in [5.41, 5.74) is -2.14. The molecule has 20 nitrogen and oxygen atoms in total. The maximum Gasteiger partial charge on any atom is 0.420 e. The molecule has 0 saturated heterocycles. The molecule has 0 aliphatic carbocycles. The molecular weight excluding hydrogens is 1070 g/mol.